The number of anilines is 1. The number of carbonyl (C=O) groups is 2. The molecule has 2 aromatic carbocycles. The van der Waals surface area contributed by atoms with Gasteiger partial charge in [0.2, 0.25) is 5.91 Å². The summed E-state index contributed by atoms with van der Waals surface area (Å²) in [7, 11) is 0. The molecule has 1 amide bonds. The highest BCUT2D eigenvalue weighted by Gasteiger charge is 2.10. The van der Waals surface area contributed by atoms with E-state index in [-0.39, 0.29) is 23.4 Å². The zero-order valence-corrected chi connectivity index (χ0v) is 15.0. The molecular weight excluding hydrogens is 341 g/mol. The van der Waals surface area contributed by atoms with Crippen LogP contribution in [0.2, 0.25) is 0 Å². The predicted octanol–water partition coefficient (Wildman–Crippen LogP) is 4.18. The smallest absolute Gasteiger partial charge is 0.338 e. The topological polar surface area (TPSA) is 55.4 Å². The summed E-state index contributed by atoms with van der Waals surface area (Å²) in [5.74, 6) is 0.149. The van der Waals surface area contributed by atoms with Gasteiger partial charge in [-0.15, -0.1) is 11.8 Å². The summed E-state index contributed by atoms with van der Waals surface area (Å²) in [6.07, 6.45) is 0. The van der Waals surface area contributed by atoms with Gasteiger partial charge >= 0.3 is 5.97 Å². The van der Waals surface area contributed by atoms with E-state index < -0.39 is 0 Å². The lowest BCUT2D eigenvalue weighted by Gasteiger charge is -2.10. The molecule has 0 fully saturated rings. The number of amides is 1. The Kier molecular flexibility index (Phi) is 7.01. The van der Waals surface area contributed by atoms with E-state index in [4.69, 9.17) is 4.74 Å². The molecule has 2 aromatic rings. The molecule has 0 bridgehead atoms. The number of esters is 1. The van der Waals surface area contributed by atoms with Crippen molar-refractivity contribution in [3.05, 3.63) is 65.0 Å². The third-order valence-corrected chi connectivity index (χ3v) is 4.43. The Morgan fingerprint density at radius 2 is 1.88 bits per heavy atom. The molecule has 25 heavy (non-hydrogen) atoms. The second-order valence-corrected chi connectivity index (χ2v) is 6.40. The van der Waals surface area contributed by atoms with Gasteiger partial charge in [0.15, 0.2) is 0 Å². The maximum atomic E-state index is 12.8. The second-order valence-electron chi connectivity index (χ2n) is 5.42. The van der Waals surface area contributed by atoms with Crippen molar-refractivity contribution in [1.82, 2.24) is 0 Å². The minimum Gasteiger partial charge on any atom is -0.462 e. The Morgan fingerprint density at radius 3 is 2.52 bits per heavy atom. The van der Waals surface area contributed by atoms with Crippen LogP contribution in [0.15, 0.2) is 42.5 Å². The fourth-order valence-corrected chi connectivity index (χ4v) is 2.96. The molecule has 4 nitrogen and oxygen atoms in total. The molecule has 1 N–H and O–H groups in total. The molecule has 132 valence electrons. The SMILES string of the molecule is CCOC(=O)c1ccc(NC(=O)CSCc2ccc(F)cc2)c(C)c1. The van der Waals surface area contributed by atoms with E-state index in [1.54, 1.807) is 37.3 Å². The predicted molar refractivity (Wildman–Crippen MR) is 98.3 cm³/mol. The first-order valence-corrected chi connectivity index (χ1v) is 9.05. The van der Waals surface area contributed by atoms with Gasteiger partial charge in [0.05, 0.1) is 17.9 Å². The largest absolute Gasteiger partial charge is 0.462 e. The van der Waals surface area contributed by atoms with Crippen LogP contribution >= 0.6 is 11.8 Å². The number of rotatable bonds is 7. The van der Waals surface area contributed by atoms with E-state index in [1.807, 2.05) is 6.92 Å². The molecule has 0 spiro atoms. The summed E-state index contributed by atoms with van der Waals surface area (Å²) >= 11 is 1.45. The molecular formula is C19H20FNO3S. The number of aryl methyl sites for hydroxylation is 1. The number of hydrogen-bond donors (Lipinski definition) is 1. The van der Waals surface area contributed by atoms with Crippen molar-refractivity contribution in [1.29, 1.82) is 0 Å². The van der Waals surface area contributed by atoms with Gasteiger partial charge in [0.25, 0.3) is 0 Å². The second kappa shape index (κ2) is 9.22. The average molecular weight is 361 g/mol. The highest BCUT2D eigenvalue weighted by molar-refractivity contribution is 7.99. The van der Waals surface area contributed by atoms with E-state index >= 15 is 0 Å². The van der Waals surface area contributed by atoms with Crippen LogP contribution < -0.4 is 5.32 Å². The molecule has 2 rings (SSSR count). The molecule has 0 aliphatic carbocycles. The van der Waals surface area contributed by atoms with E-state index in [2.05, 4.69) is 5.32 Å². The van der Waals surface area contributed by atoms with Gasteiger partial charge in [-0.3, -0.25) is 4.79 Å². The van der Waals surface area contributed by atoms with Crippen molar-refractivity contribution in [2.75, 3.05) is 17.7 Å². The number of benzene rings is 2. The number of carbonyl (C=O) groups excluding carboxylic acids is 2. The summed E-state index contributed by atoms with van der Waals surface area (Å²) in [6.45, 7) is 3.90. The van der Waals surface area contributed by atoms with E-state index in [0.29, 0.717) is 23.6 Å². The van der Waals surface area contributed by atoms with Crippen LogP contribution in [-0.4, -0.2) is 24.2 Å². The number of nitrogens with one attached hydrogen (secondary N) is 1. The van der Waals surface area contributed by atoms with Crippen LogP contribution in [0.1, 0.15) is 28.4 Å². The molecule has 0 radical (unpaired) electrons. The first-order chi connectivity index (χ1) is 12.0. The average Bonchev–Trinajstić information content (AvgIpc) is 2.58. The van der Waals surface area contributed by atoms with Crippen LogP contribution in [0, 0.1) is 12.7 Å². The Balaban J connectivity index is 1.85. The quantitative estimate of drug-likeness (QED) is 0.752. The molecule has 0 atom stereocenters. The Labute approximate surface area is 150 Å². The summed E-state index contributed by atoms with van der Waals surface area (Å²) in [6, 6.07) is 11.3. The highest BCUT2D eigenvalue weighted by atomic mass is 32.2. The van der Waals surface area contributed by atoms with Crippen molar-refractivity contribution in [2.45, 2.75) is 19.6 Å². The summed E-state index contributed by atoms with van der Waals surface area (Å²) < 4.78 is 17.8. The lowest BCUT2D eigenvalue weighted by Crippen LogP contribution is -2.15. The molecule has 0 aliphatic rings. The van der Waals surface area contributed by atoms with Gasteiger partial charge in [-0.1, -0.05) is 12.1 Å². The third kappa shape index (κ3) is 5.90. The fraction of sp³-hybridized carbons (Fsp3) is 0.263. The van der Waals surface area contributed by atoms with Gasteiger partial charge in [0, 0.05) is 11.4 Å². The van der Waals surface area contributed by atoms with Gasteiger partial charge in [-0.25, -0.2) is 9.18 Å². The van der Waals surface area contributed by atoms with Crippen molar-refractivity contribution in [2.24, 2.45) is 0 Å². The standard InChI is InChI=1S/C19H20FNO3S/c1-3-24-19(23)15-6-9-17(13(2)10-15)21-18(22)12-25-11-14-4-7-16(20)8-5-14/h4-10H,3,11-12H2,1-2H3,(H,21,22). The van der Waals surface area contributed by atoms with Crippen LogP contribution in [0.3, 0.4) is 0 Å². The zero-order valence-electron chi connectivity index (χ0n) is 14.2. The molecule has 0 saturated carbocycles. The maximum absolute atomic E-state index is 12.8. The van der Waals surface area contributed by atoms with Crippen LogP contribution in [0.5, 0.6) is 0 Å². The highest BCUT2D eigenvalue weighted by Crippen LogP contribution is 2.18. The van der Waals surface area contributed by atoms with Crippen LogP contribution in [0.4, 0.5) is 10.1 Å². The van der Waals surface area contributed by atoms with Gasteiger partial charge in [-0.05, 0) is 55.3 Å². The van der Waals surface area contributed by atoms with Crippen molar-refractivity contribution in [3.63, 3.8) is 0 Å². The molecule has 0 heterocycles. The van der Waals surface area contributed by atoms with Gasteiger partial charge < -0.3 is 10.1 Å². The van der Waals surface area contributed by atoms with E-state index in [1.165, 1.54) is 23.9 Å². The third-order valence-electron chi connectivity index (χ3n) is 3.43. The molecule has 0 aliphatic heterocycles. The van der Waals surface area contributed by atoms with Crippen LogP contribution in [-0.2, 0) is 15.3 Å². The first kappa shape index (κ1) is 19.0. The summed E-state index contributed by atoms with van der Waals surface area (Å²) in [5, 5.41) is 2.83. The fourth-order valence-electron chi connectivity index (χ4n) is 2.17. The van der Waals surface area contributed by atoms with Gasteiger partial charge in [-0.2, -0.15) is 0 Å². The lowest BCUT2D eigenvalue weighted by atomic mass is 10.1. The van der Waals surface area contributed by atoms with E-state index in [9.17, 15) is 14.0 Å². The Hall–Kier alpha value is -2.34. The molecule has 0 unspecified atom stereocenters. The monoisotopic (exact) mass is 361 g/mol. The Bertz CT molecular complexity index is 747. The minimum atomic E-state index is -0.377. The number of halogens is 1. The lowest BCUT2D eigenvalue weighted by molar-refractivity contribution is -0.113. The maximum Gasteiger partial charge on any atom is 0.338 e. The van der Waals surface area contributed by atoms with Crippen LogP contribution in [0.25, 0.3) is 0 Å². The minimum absolute atomic E-state index is 0.126. The first-order valence-electron chi connectivity index (χ1n) is 7.89. The van der Waals surface area contributed by atoms with Gasteiger partial charge in [0.1, 0.15) is 5.82 Å². The normalized spacial score (nSPS) is 10.4. The van der Waals surface area contributed by atoms with Crippen molar-refractivity contribution in [3.8, 4) is 0 Å². The van der Waals surface area contributed by atoms with Crippen molar-refractivity contribution >= 4 is 29.3 Å². The number of hydrogen-bond acceptors (Lipinski definition) is 4. The summed E-state index contributed by atoms with van der Waals surface area (Å²) in [4.78, 5) is 23.7. The Morgan fingerprint density at radius 1 is 1.16 bits per heavy atom. The molecule has 0 aromatic heterocycles. The van der Waals surface area contributed by atoms with Crippen molar-refractivity contribution < 1.29 is 18.7 Å². The zero-order chi connectivity index (χ0) is 18.2. The molecule has 0 saturated heterocycles. The number of thioether (sulfide) groups is 1. The number of ether oxygens (including phenoxy) is 1. The molecule has 6 heteroatoms. The summed E-state index contributed by atoms with van der Waals surface area (Å²) in [5.41, 5.74) is 2.89. The van der Waals surface area contributed by atoms with E-state index in [0.717, 1.165) is 11.1 Å².